The molecule has 4 aromatic rings. The van der Waals surface area contributed by atoms with Gasteiger partial charge >= 0.3 is 0 Å². The van der Waals surface area contributed by atoms with Gasteiger partial charge < -0.3 is 10.3 Å². The van der Waals surface area contributed by atoms with Crippen LogP contribution >= 0.6 is 0 Å². The number of aromatic nitrogens is 3. The number of hydrogen-bond acceptors (Lipinski definition) is 3. The number of aryl methyl sites for hydroxylation is 2. The average molecular weight is 374 g/mol. The Labute approximate surface area is 164 Å². The number of nitrogens with zero attached hydrogens (tertiary/aromatic N) is 2. The molecule has 0 bridgehead atoms. The van der Waals surface area contributed by atoms with Crippen molar-refractivity contribution in [2.75, 3.05) is 11.9 Å². The molecule has 4 rings (SSSR count). The number of H-pyrrole nitrogens is 1. The van der Waals surface area contributed by atoms with Crippen LogP contribution in [0.3, 0.4) is 0 Å². The fraction of sp³-hybridized carbons (Fsp3) is 0.304. The van der Waals surface area contributed by atoms with Gasteiger partial charge in [0.25, 0.3) is 5.56 Å². The minimum Gasteiger partial charge on any atom is -0.369 e. The summed E-state index contributed by atoms with van der Waals surface area (Å²) in [6, 6.07) is 12.0. The molecule has 0 saturated heterocycles. The van der Waals surface area contributed by atoms with E-state index in [2.05, 4.69) is 50.1 Å². The fourth-order valence-electron chi connectivity index (χ4n) is 3.40. The lowest BCUT2D eigenvalue weighted by Gasteiger charge is -2.20. The molecule has 0 fully saturated rings. The molecule has 1 aromatic carbocycles. The first kappa shape index (κ1) is 18.3. The molecular weight excluding hydrogens is 348 g/mol. The Morgan fingerprint density at radius 1 is 1.14 bits per heavy atom. The molecule has 28 heavy (non-hydrogen) atoms. The fourth-order valence-corrected chi connectivity index (χ4v) is 3.40. The zero-order chi connectivity index (χ0) is 20.1. The van der Waals surface area contributed by atoms with Crippen molar-refractivity contribution >= 4 is 22.4 Å². The first-order chi connectivity index (χ1) is 13.2. The molecule has 0 aliphatic rings. The molecule has 0 spiro atoms. The van der Waals surface area contributed by atoms with Crippen LogP contribution < -0.4 is 10.9 Å². The summed E-state index contributed by atoms with van der Waals surface area (Å²) in [5.41, 5.74) is 5.20. The summed E-state index contributed by atoms with van der Waals surface area (Å²) in [6.07, 6.45) is 1.97. The number of nitrogens with one attached hydrogen (secondary N) is 2. The second-order valence-corrected chi connectivity index (χ2v) is 8.64. The Balaban J connectivity index is 1.95. The Bertz CT molecular complexity index is 1240. The van der Waals surface area contributed by atoms with Gasteiger partial charge in [-0.15, -0.1) is 0 Å². The lowest BCUT2D eigenvalue weighted by molar-refractivity contribution is 0.442. The smallest absolute Gasteiger partial charge is 0.258 e. The Morgan fingerprint density at radius 3 is 2.68 bits per heavy atom. The van der Waals surface area contributed by atoms with Gasteiger partial charge in [-0.25, -0.2) is 4.98 Å². The van der Waals surface area contributed by atoms with E-state index in [1.807, 2.05) is 41.8 Å². The standard InChI is InChI=1S/C23H26N4O/c1-14-9-10-16-12-17(22(28)26-19(16)15(14)2)20-21(24-13-23(3,4)5)27-11-7-6-8-18(27)25-20/h6-12,24H,13H2,1-5H3,(H,26,28). The molecule has 3 heterocycles. The number of imidazole rings is 1. The third-order valence-corrected chi connectivity index (χ3v) is 5.12. The normalized spacial score (nSPS) is 12.0. The van der Waals surface area contributed by atoms with Crippen LogP contribution in [-0.4, -0.2) is 20.9 Å². The molecule has 0 aliphatic carbocycles. The molecule has 0 unspecified atom stereocenters. The molecule has 2 N–H and O–H groups in total. The van der Waals surface area contributed by atoms with Crippen LogP contribution in [-0.2, 0) is 0 Å². The van der Waals surface area contributed by atoms with Gasteiger partial charge in [-0.05, 0) is 54.0 Å². The largest absolute Gasteiger partial charge is 0.369 e. The monoisotopic (exact) mass is 374 g/mol. The van der Waals surface area contributed by atoms with Gasteiger partial charge in [0.15, 0.2) is 0 Å². The maximum Gasteiger partial charge on any atom is 0.258 e. The van der Waals surface area contributed by atoms with E-state index in [4.69, 9.17) is 4.98 Å². The van der Waals surface area contributed by atoms with Crippen molar-refractivity contribution in [1.82, 2.24) is 14.4 Å². The highest BCUT2D eigenvalue weighted by Crippen LogP contribution is 2.30. The summed E-state index contributed by atoms with van der Waals surface area (Å²) in [7, 11) is 0. The lowest BCUT2D eigenvalue weighted by Crippen LogP contribution is -2.20. The highest BCUT2D eigenvalue weighted by molar-refractivity contribution is 5.88. The molecule has 144 valence electrons. The van der Waals surface area contributed by atoms with E-state index in [-0.39, 0.29) is 11.0 Å². The summed E-state index contributed by atoms with van der Waals surface area (Å²) in [5.74, 6) is 0.846. The number of fused-ring (bicyclic) bond motifs is 2. The first-order valence-electron chi connectivity index (χ1n) is 9.59. The van der Waals surface area contributed by atoms with Gasteiger partial charge in [-0.1, -0.05) is 39.0 Å². The van der Waals surface area contributed by atoms with E-state index < -0.39 is 0 Å². The second kappa shape index (κ2) is 6.51. The van der Waals surface area contributed by atoms with E-state index in [1.165, 1.54) is 0 Å². The van der Waals surface area contributed by atoms with Gasteiger partial charge in [0.05, 0.1) is 11.1 Å². The molecule has 0 amide bonds. The van der Waals surface area contributed by atoms with Gasteiger partial charge in [0.2, 0.25) is 0 Å². The summed E-state index contributed by atoms with van der Waals surface area (Å²) >= 11 is 0. The van der Waals surface area contributed by atoms with E-state index in [1.54, 1.807) is 0 Å². The SMILES string of the molecule is Cc1ccc2cc(-c3nc4ccccn4c3NCC(C)(C)C)c(=O)[nH]c2c1C. The van der Waals surface area contributed by atoms with Crippen LogP contribution in [0.1, 0.15) is 31.9 Å². The van der Waals surface area contributed by atoms with Crippen LogP contribution in [0, 0.1) is 19.3 Å². The van der Waals surface area contributed by atoms with E-state index in [0.29, 0.717) is 11.3 Å². The Morgan fingerprint density at radius 2 is 1.93 bits per heavy atom. The first-order valence-corrected chi connectivity index (χ1v) is 9.59. The second-order valence-electron chi connectivity index (χ2n) is 8.64. The lowest BCUT2D eigenvalue weighted by atomic mass is 9.97. The van der Waals surface area contributed by atoms with Crippen molar-refractivity contribution in [3.8, 4) is 11.3 Å². The van der Waals surface area contributed by atoms with E-state index in [0.717, 1.165) is 40.0 Å². The molecule has 5 heteroatoms. The summed E-state index contributed by atoms with van der Waals surface area (Å²) in [5, 5.41) is 4.53. The minimum atomic E-state index is -0.122. The van der Waals surface area contributed by atoms with Crippen LogP contribution in [0.4, 0.5) is 5.82 Å². The molecule has 5 nitrogen and oxygen atoms in total. The van der Waals surface area contributed by atoms with Crippen molar-refractivity contribution in [1.29, 1.82) is 0 Å². The number of benzene rings is 1. The van der Waals surface area contributed by atoms with E-state index in [9.17, 15) is 4.79 Å². The zero-order valence-corrected chi connectivity index (χ0v) is 17.1. The zero-order valence-electron chi connectivity index (χ0n) is 17.1. The summed E-state index contributed by atoms with van der Waals surface area (Å²) in [4.78, 5) is 20.8. The number of anilines is 1. The molecular formula is C23H26N4O. The average Bonchev–Trinajstić information content (AvgIpc) is 3.01. The van der Waals surface area contributed by atoms with Crippen molar-refractivity contribution in [3.63, 3.8) is 0 Å². The van der Waals surface area contributed by atoms with E-state index >= 15 is 0 Å². The van der Waals surface area contributed by atoms with Crippen molar-refractivity contribution in [3.05, 3.63) is 64.1 Å². The number of hydrogen-bond donors (Lipinski definition) is 2. The quantitative estimate of drug-likeness (QED) is 0.535. The third kappa shape index (κ3) is 3.17. The van der Waals surface area contributed by atoms with Crippen LogP contribution in [0.25, 0.3) is 27.8 Å². The van der Waals surface area contributed by atoms with Crippen LogP contribution in [0.15, 0.2) is 47.4 Å². The number of rotatable bonds is 3. The maximum atomic E-state index is 13.0. The number of pyridine rings is 2. The highest BCUT2D eigenvalue weighted by Gasteiger charge is 2.19. The molecule has 0 aliphatic heterocycles. The van der Waals surface area contributed by atoms with Gasteiger partial charge in [-0.2, -0.15) is 0 Å². The predicted molar refractivity (Wildman–Crippen MR) is 116 cm³/mol. The highest BCUT2D eigenvalue weighted by atomic mass is 16.1. The van der Waals surface area contributed by atoms with Gasteiger partial charge in [0, 0.05) is 12.7 Å². The van der Waals surface area contributed by atoms with Crippen molar-refractivity contribution in [2.45, 2.75) is 34.6 Å². The summed E-state index contributed by atoms with van der Waals surface area (Å²) in [6.45, 7) is 11.4. The molecule has 0 atom stereocenters. The van der Waals surface area contributed by atoms with Crippen molar-refractivity contribution < 1.29 is 0 Å². The Kier molecular flexibility index (Phi) is 4.26. The summed E-state index contributed by atoms with van der Waals surface area (Å²) < 4.78 is 2.01. The van der Waals surface area contributed by atoms with Crippen LogP contribution in [0.5, 0.6) is 0 Å². The molecule has 3 aromatic heterocycles. The Hall–Kier alpha value is -3.08. The number of aromatic amines is 1. The van der Waals surface area contributed by atoms with Crippen LogP contribution in [0.2, 0.25) is 0 Å². The van der Waals surface area contributed by atoms with Crippen molar-refractivity contribution in [2.24, 2.45) is 5.41 Å². The third-order valence-electron chi connectivity index (χ3n) is 5.12. The van der Waals surface area contributed by atoms with Gasteiger partial charge in [-0.3, -0.25) is 9.20 Å². The minimum absolute atomic E-state index is 0.0979. The molecule has 0 saturated carbocycles. The maximum absolute atomic E-state index is 13.0. The topological polar surface area (TPSA) is 62.2 Å². The van der Waals surface area contributed by atoms with Gasteiger partial charge in [0.1, 0.15) is 17.2 Å². The molecule has 0 radical (unpaired) electrons. The predicted octanol–water partition coefficient (Wildman–Crippen LogP) is 4.92.